The lowest BCUT2D eigenvalue weighted by molar-refractivity contribution is 0.0958. The first-order valence-electron chi connectivity index (χ1n) is 8.25. The number of carbonyl (C=O) groups is 3. The number of aromatic amines is 1. The minimum Gasteiger partial charge on any atom is -0.364 e. The van der Waals surface area contributed by atoms with Crippen LogP contribution in [0.15, 0.2) is 48.8 Å². The summed E-state index contributed by atoms with van der Waals surface area (Å²) in [7, 11) is 1.51. The molecule has 3 aromatic rings. The lowest BCUT2D eigenvalue weighted by atomic mass is 10.2. The number of benzene rings is 2. The molecule has 0 saturated carbocycles. The molecule has 2 aromatic carbocycles. The molecule has 148 valence electrons. The topological polar surface area (TPSA) is 121 Å². The van der Waals surface area contributed by atoms with E-state index in [1.807, 2.05) is 0 Å². The second kappa shape index (κ2) is 8.11. The highest BCUT2D eigenvalue weighted by Gasteiger charge is 2.22. The normalized spacial score (nSPS) is 10.4. The molecule has 4 N–H and O–H groups in total. The van der Waals surface area contributed by atoms with Crippen LogP contribution < -0.4 is 16.0 Å². The molecule has 0 fully saturated rings. The van der Waals surface area contributed by atoms with Crippen molar-refractivity contribution in [3.8, 4) is 0 Å². The third-order valence-corrected chi connectivity index (χ3v) is 4.39. The van der Waals surface area contributed by atoms with Crippen LogP contribution in [0.2, 0.25) is 5.02 Å². The second-order valence-corrected chi connectivity index (χ2v) is 6.39. The number of carbonyl (C=O) groups excluding carboxylic acids is 3. The Balaban J connectivity index is 1.74. The highest BCUT2D eigenvalue weighted by molar-refractivity contribution is 6.34. The molecule has 0 aliphatic carbocycles. The zero-order valence-corrected chi connectivity index (χ0v) is 15.8. The molecule has 0 unspecified atom stereocenters. The van der Waals surface area contributed by atoms with Crippen molar-refractivity contribution in [2.24, 2.45) is 5.73 Å². The van der Waals surface area contributed by atoms with E-state index in [1.165, 1.54) is 24.3 Å². The average molecular weight is 416 g/mol. The fourth-order valence-electron chi connectivity index (χ4n) is 2.57. The Kier molecular flexibility index (Phi) is 5.60. The van der Waals surface area contributed by atoms with Crippen LogP contribution in [0.4, 0.5) is 15.8 Å². The number of hydrogen-bond acceptors (Lipinski definition) is 4. The minimum absolute atomic E-state index is 0.00531. The Hall–Kier alpha value is -3.72. The number of anilines is 2. The maximum absolute atomic E-state index is 13.1. The lowest BCUT2D eigenvalue weighted by Gasteiger charge is -2.17. The molecule has 3 amide bonds. The number of nitrogens with zero attached hydrogens (tertiary/aromatic N) is 2. The van der Waals surface area contributed by atoms with Crippen LogP contribution in [0.3, 0.4) is 0 Å². The Morgan fingerprint density at radius 2 is 1.86 bits per heavy atom. The Morgan fingerprint density at radius 3 is 2.48 bits per heavy atom. The van der Waals surface area contributed by atoms with Gasteiger partial charge in [-0.1, -0.05) is 11.6 Å². The monoisotopic (exact) mass is 415 g/mol. The Bertz CT molecular complexity index is 1100. The summed E-state index contributed by atoms with van der Waals surface area (Å²) in [6.45, 7) is 0. The van der Waals surface area contributed by atoms with E-state index in [1.54, 1.807) is 24.3 Å². The van der Waals surface area contributed by atoms with Gasteiger partial charge in [0.2, 0.25) is 0 Å². The largest absolute Gasteiger partial charge is 0.364 e. The van der Waals surface area contributed by atoms with Crippen LogP contribution >= 0.6 is 11.6 Å². The van der Waals surface area contributed by atoms with Gasteiger partial charge in [0.15, 0.2) is 5.69 Å². The van der Waals surface area contributed by atoms with Gasteiger partial charge in [-0.05, 0) is 42.5 Å². The molecule has 3 rings (SSSR count). The molecule has 1 aromatic heterocycles. The number of imidazole rings is 1. The van der Waals surface area contributed by atoms with Gasteiger partial charge in [0.25, 0.3) is 17.7 Å². The van der Waals surface area contributed by atoms with E-state index < -0.39 is 23.5 Å². The van der Waals surface area contributed by atoms with Gasteiger partial charge in [-0.25, -0.2) is 9.37 Å². The summed E-state index contributed by atoms with van der Waals surface area (Å²) in [5.74, 6) is -2.37. The predicted molar refractivity (Wildman–Crippen MR) is 106 cm³/mol. The van der Waals surface area contributed by atoms with Gasteiger partial charge < -0.3 is 20.9 Å². The molecule has 8 nitrogen and oxygen atoms in total. The molecule has 10 heteroatoms. The van der Waals surface area contributed by atoms with E-state index in [2.05, 4.69) is 15.3 Å². The molecular formula is C19H15ClFN5O3. The van der Waals surface area contributed by atoms with Gasteiger partial charge in [0, 0.05) is 18.4 Å². The summed E-state index contributed by atoms with van der Waals surface area (Å²) in [5.41, 5.74) is 6.10. The van der Waals surface area contributed by atoms with Crippen molar-refractivity contribution in [3.63, 3.8) is 0 Å². The lowest BCUT2D eigenvalue weighted by Crippen LogP contribution is -2.29. The quantitative estimate of drug-likeness (QED) is 0.593. The number of halogens is 2. The van der Waals surface area contributed by atoms with Crippen LogP contribution in [-0.2, 0) is 0 Å². The van der Waals surface area contributed by atoms with Gasteiger partial charge >= 0.3 is 0 Å². The van der Waals surface area contributed by atoms with Crippen LogP contribution in [-0.4, -0.2) is 34.7 Å². The van der Waals surface area contributed by atoms with Gasteiger partial charge in [0.05, 0.1) is 16.9 Å². The van der Waals surface area contributed by atoms with E-state index in [4.69, 9.17) is 17.3 Å². The summed E-state index contributed by atoms with van der Waals surface area (Å²) >= 11 is 5.89. The number of nitrogens with two attached hydrogens (primary N) is 1. The third kappa shape index (κ3) is 4.25. The standard InChI is InChI=1S/C19H15ClFN5O3/c1-26(19(29)16-15(17(22)27)23-9-24-16)12-5-3-11(4-6-12)25-18(28)13-7-2-10(21)8-14(13)20/h2-9H,1H3,(H2,22,27)(H,23,24)(H,25,28). The van der Waals surface area contributed by atoms with Crippen molar-refractivity contribution < 1.29 is 18.8 Å². The maximum Gasteiger partial charge on any atom is 0.276 e. The highest BCUT2D eigenvalue weighted by atomic mass is 35.5. The van der Waals surface area contributed by atoms with Crippen molar-refractivity contribution in [1.29, 1.82) is 0 Å². The Morgan fingerprint density at radius 1 is 1.17 bits per heavy atom. The van der Waals surface area contributed by atoms with Gasteiger partial charge in [-0.15, -0.1) is 0 Å². The first kappa shape index (κ1) is 20.0. The summed E-state index contributed by atoms with van der Waals surface area (Å²) in [4.78, 5) is 43.9. The van der Waals surface area contributed by atoms with Gasteiger partial charge in [-0.2, -0.15) is 0 Å². The number of nitrogens with one attached hydrogen (secondary N) is 2. The molecule has 0 atom stereocenters. The van der Waals surface area contributed by atoms with Crippen molar-refractivity contribution >= 4 is 40.7 Å². The fraction of sp³-hybridized carbons (Fsp3) is 0.0526. The number of hydrogen-bond donors (Lipinski definition) is 3. The van der Waals surface area contributed by atoms with E-state index in [-0.39, 0.29) is 22.0 Å². The van der Waals surface area contributed by atoms with Crippen LogP contribution in [0, 0.1) is 5.82 Å². The molecule has 0 radical (unpaired) electrons. The summed E-state index contributed by atoms with van der Waals surface area (Å²) in [6, 6.07) is 9.83. The predicted octanol–water partition coefficient (Wildman–Crippen LogP) is 2.83. The van der Waals surface area contributed by atoms with Gasteiger partial charge in [-0.3, -0.25) is 14.4 Å². The SMILES string of the molecule is CN(C(=O)c1[nH]cnc1C(N)=O)c1ccc(NC(=O)c2ccc(F)cc2Cl)cc1. The molecule has 0 spiro atoms. The summed E-state index contributed by atoms with van der Waals surface area (Å²) < 4.78 is 13.1. The smallest absolute Gasteiger partial charge is 0.276 e. The molecule has 0 aliphatic rings. The number of H-pyrrole nitrogens is 1. The first-order chi connectivity index (χ1) is 13.8. The van der Waals surface area contributed by atoms with Crippen molar-refractivity contribution in [2.45, 2.75) is 0 Å². The zero-order valence-electron chi connectivity index (χ0n) is 15.1. The minimum atomic E-state index is -0.819. The summed E-state index contributed by atoms with van der Waals surface area (Å²) in [5, 5.41) is 2.63. The van der Waals surface area contributed by atoms with E-state index >= 15 is 0 Å². The van der Waals surface area contributed by atoms with Crippen LogP contribution in [0.5, 0.6) is 0 Å². The van der Waals surface area contributed by atoms with Crippen molar-refractivity contribution in [1.82, 2.24) is 9.97 Å². The maximum atomic E-state index is 13.1. The molecule has 0 bridgehead atoms. The Labute approximate surface area is 169 Å². The van der Waals surface area contributed by atoms with E-state index in [0.29, 0.717) is 11.4 Å². The number of aromatic nitrogens is 2. The number of rotatable bonds is 5. The number of amides is 3. The third-order valence-electron chi connectivity index (χ3n) is 4.08. The first-order valence-corrected chi connectivity index (χ1v) is 8.63. The van der Waals surface area contributed by atoms with Crippen molar-refractivity contribution in [2.75, 3.05) is 17.3 Å². The summed E-state index contributed by atoms with van der Waals surface area (Å²) in [6.07, 6.45) is 1.21. The molecule has 29 heavy (non-hydrogen) atoms. The molecular weight excluding hydrogens is 401 g/mol. The van der Waals surface area contributed by atoms with Crippen molar-refractivity contribution in [3.05, 3.63) is 76.6 Å². The molecule has 0 aliphatic heterocycles. The molecule has 1 heterocycles. The van der Waals surface area contributed by atoms with Crippen LogP contribution in [0.25, 0.3) is 0 Å². The molecule has 0 saturated heterocycles. The fourth-order valence-corrected chi connectivity index (χ4v) is 2.82. The highest BCUT2D eigenvalue weighted by Crippen LogP contribution is 2.22. The van der Waals surface area contributed by atoms with Gasteiger partial charge in [0.1, 0.15) is 11.5 Å². The second-order valence-electron chi connectivity index (χ2n) is 5.98. The number of primary amides is 1. The van der Waals surface area contributed by atoms with Crippen LogP contribution in [0.1, 0.15) is 31.3 Å². The van der Waals surface area contributed by atoms with E-state index in [9.17, 15) is 18.8 Å². The van der Waals surface area contributed by atoms with E-state index in [0.717, 1.165) is 12.1 Å². The zero-order chi connectivity index (χ0) is 21.1. The average Bonchev–Trinajstić information content (AvgIpc) is 3.17.